The zero-order valence-corrected chi connectivity index (χ0v) is 20.1. The minimum atomic E-state index is -0.0375. The van der Waals surface area contributed by atoms with Crippen LogP contribution in [0.4, 0.5) is 5.69 Å². The predicted octanol–water partition coefficient (Wildman–Crippen LogP) is 3.47. The topological polar surface area (TPSA) is 79.9 Å². The van der Waals surface area contributed by atoms with Crippen LogP contribution in [0.3, 0.4) is 0 Å². The third-order valence-electron chi connectivity index (χ3n) is 5.89. The molecule has 0 atom stereocenters. The number of hydrogen-bond donors (Lipinski definition) is 2. The van der Waals surface area contributed by atoms with Gasteiger partial charge in [-0.25, -0.2) is 0 Å². The van der Waals surface area contributed by atoms with Gasteiger partial charge in [0.15, 0.2) is 11.5 Å². The van der Waals surface area contributed by atoms with Gasteiger partial charge >= 0.3 is 0 Å². The van der Waals surface area contributed by atoms with Gasteiger partial charge in [-0.2, -0.15) is 0 Å². The second-order valence-electron chi connectivity index (χ2n) is 8.61. The number of rotatable bonds is 12. The van der Waals surface area contributed by atoms with Crippen molar-refractivity contribution in [2.75, 3.05) is 39.2 Å². The van der Waals surface area contributed by atoms with E-state index < -0.39 is 0 Å². The fraction of sp³-hybridized carbons (Fsp3) is 0.462. The largest absolute Gasteiger partial charge is 0.493 e. The first-order valence-corrected chi connectivity index (χ1v) is 11.5. The van der Waals surface area contributed by atoms with Crippen molar-refractivity contribution < 1.29 is 19.1 Å². The molecule has 0 bridgehead atoms. The van der Waals surface area contributed by atoms with E-state index in [1.807, 2.05) is 50.2 Å². The number of carbonyl (C=O) groups excluding carboxylic acids is 2. The number of aryl methyl sites for hydroxylation is 2. The molecule has 0 saturated heterocycles. The average molecular weight is 454 g/mol. The Kier molecular flexibility index (Phi) is 8.72. The number of ether oxygens (including phenoxy) is 2. The van der Waals surface area contributed by atoms with Crippen molar-refractivity contribution in [3.8, 4) is 11.5 Å². The summed E-state index contributed by atoms with van der Waals surface area (Å²) in [5.41, 5.74) is 4.07. The van der Waals surface area contributed by atoms with Crippen LogP contribution in [-0.4, -0.2) is 56.6 Å². The summed E-state index contributed by atoms with van der Waals surface area (Å²) >= 11 is 0. The fourth-order valence-corrected chi connectivity index (χ4v) is 3.79. The van der Waals surface area contributed by atoms with Gasteiger partial charge in [0.05, 0.1) is 20.8 Å². The highest BCUT2D eigenvalue weighted by Gasteiger charge is 2.30. The number of benzene rings is 2. The van der Waals surface area contributed by atoms with Gasteiger partial charge in [-0.15, -0.1) is 0 Å². The molecule has 2 aromatic rings. The van der Waals surface area contributed by atoms with E-state index in [2.05, 4.69) is 15.5 Å². The van der Waals surface area contributed by atoms with Crippen LogP contribution in [0, 0.1) is 13.8 Å². The summed E-state index contributed by atoms with van der Waals surface area (Å²) in [6.45, 7) is 5.42. The Balaban J connectivity index is 1.43. The average Bonchev–Trinajstić information content (AvgIpc) is 3.64. The quantitative estimate of drug-likeness (QED) is 0.514. The van der Waals surface area contributed by atoms with Crippen molar-refractivity contribution in [3.05, 3.63) is 53.1 Å². The van der Waals surface area contributed by atoms with Gasteiger partial charge in [0.2, 0.25) is 11.8 Å². The maximum absolute atomic E-state index is 12.6. The molecule has 2 amide bonds. The fourth-order valence-electron chi connectivity index (χ4n) is 3.79. The maximum Gasteiger partial charge on any atom is 0.238 e. The number of carbonyl (C=O) groups is 2. The first-order valence-electron chi connectivity index (χ1n) is 11.5. The zero-order valence-electron chi connectivity index (χ0n) is 20.1. The van der Waals surface area contributed by atoms with Gasteiger partial charge in [-0.3, -0.25) is 14.5 Å². The first-order chi connectivity index (χ1) is 15.9. The monoisotopic (exact) mass is 453 g/mol. The normalized spacial score (nSPS) is 13.0. The molecule has 2 N–H and O–H groups in total. The molecule has 3 rings (SSSR count). The summed E-state index contributed by atoms with van der Waals surface area (Å²) < 4.78 is 10.6. The molecule has 7 nitrogen and oxygen atoms in total. The standard InChI is InChI=1S/C26H35N3O4/c1-18-5-6-19(2)22(15-18)28-26(31)17-29(21-8-9-21)14-12-25(30)27-13-11-20-7-10-23(32-3)24(16-20)33-4/h5-7,10,15-16,21H,8-9,11-14,17H2,1-4H3,(H,27,30)(H,28,31). The molecule has 0 heterocycles. The lowest BCUT2D eigenvalue weighted by Crippen LogP contribution is -2.38. The number of hydrogen-bond acceptors (Lipinski definition) is 5. The van der Waals surface area contributed by atoms with E-state index in [-0.39, 0.29) is 11.8 Å². The van der Waals surface area contributed by atoms with E-state index >= 15 is 0 Å². The summed E-state index contributed by atoms with van der Waals surface area (Å²) in [6.07, 6.45) is 3.24. The first kappa shape index (κ1) is 24.6. The lowest BCUT2D eigenvalue weighted by atomic mass is 10.1. The van der Waals surface area contributed by atoms with Crippen molar-refractivity contribution in [1.29, 1.82) is 0 Å². The third-order valence-corrected chi connectivity index (χ3v) is 5.89. The highest BCUT2D eigenvalue weighted by Crippen LogP contribution is 2.28. The number of nitrogens with one attached hydrogen (secondary N) is 2. The number of nitrogens with zero attached hydrogens (tertiary/aromatic N) is 1. The van der Waals surface area contributed by atoms with Crippen LogP contribution in [0.1, 0.15) is 36.0 Å². The summed E-state index contributed by atoms with van der Waals surface area (Å²) in [6, 6.07) is 12.2. The van der Waals surface area contributed by atoms with E-state index in [1.54, 1.807) is 14.2 Å². The van der Waals surface area contributed by atoms with E-state index in [0.717, 1.165) is 35.2 Å². The Hall–Kier alpha value is -3.06. The van der Waals surface area contributed by atoms with Crippen LogP contribution in [0.2, 0.25) is 0 Å². The van der Waals surface area contributed by atoms with Crippen molar-refractivity contribution in [2.24, 2.45) is 0 Å². The molecule has 0 aliphatic heterocycles. The van der Waals surface area contributed by atoms with Gasteiger partial charge in [0, 0.05) is 31.2 Å². The molecule has 1 saturated carbocycles. The molecular formula is C26H35N3O4. The second-order valence-corrected chi connectivity index (χ2v) is 8.61. The molecule has 178 valence electrons. The van der Waals surface area contributed by atoms with Gasteiger partial charge in [-0.05, 0) is 68.0 Å². The van der Waals surface area contributed by atoms with Crippen LogP contribution in [0.25, 0.3) is 0 Å². The zero-order chi connectivity index (χ0) is 23.8. The van der Waals surface area contributed by atoms with Crippen LogP contribution in [0.15, 0.2) is 36.4 Å². The molecule has 33 heavy (non-hydrogen) atoms. The molecular weight excluding hydrogens is 418 g/mol. The van der Waals surface area contributed by atoms with E-state index in [4.69, 9.17) is 9.47 Å². The Morgan fingerprint density at radius 1 is 1.00 bits per heavy atom. The van der Waals surface area contributed by atoms with Crippen molar-refractivity contribution in [3.63, 3.8) is 0 Å². The molecule has 0 radical (unpaired) electrons. The second kappa shape index (κ2) is 11.7. The Bertz CT molecular complexity index is 972. The molecule has 7 heteroatoms. The minimum absolute atomic E-state index is 0.00364. The molecule has 1 fully saturated rings. The molecule has 0 unspecified atom stereocenters. The summed E-state index contributed by atoms with van der Waals surface area (Å²) in [5.74, 6) is 1.33. The molecule has 0 aromatic heterocycles. The summed E-state index contributed by atoms with van der Waals surface area (Å²) in [5, 5.41) is 6.00. The van der Waals surface area contributed by atoms with Gasteiger partial charge < -0.3 is 20.1 Å². The minimum Gasteiger partial charge on any atom is -0.493 e. The van der Waals surface area contributed by atoms with E-state index in [1.165, 1.54) is 0 Å². The molecule has 2 aromatic carbocycles. The number of amides is 2. The Labute approximate surface area is 196 Å². The summed E-state index contributed by atoms with van der Waals surface area (Å²) in [4.78, 5) is 27.1. The van der Waals surface area contributed by atoms with Crippen molar-refractivity contribution >= 4 is 17.5 Å². The highest BCUT2D eigenvalue weighted by atomic mass is 16.5. The van der Waals surface area contributed by atoms with Gasteiger partial charge in [0.25, 0.3) is 0 Å². The molecule has 1 aliphatic rings. The van der Waals surface area contributed by atoms with E-state index in [9.17, 15) is 9.59 Å². The van der Waals surface area contributed by atoms with E-state index in [0.29, 0.717) is 50.0 Å². The number of anilines is 1. The Morgan fingerprint density at radius 2 is 1.76 bits per heavy atom. The predicted molar refractivity (Wildman–Crippen MR) is 130 cm³/mol. The van der Waals surface area contributed by atoms with Crippen molar-refractivity contribution in [1.82, 2.24) is 10.2 Å². The lowest BCUT2D eigenvalue weighted by Gasteiger charge is -2.21. The van der Waals surface area contributed by atoms with Crippen molar-refractivity contribution in [2.45, 2.75) is 45.6 Å². The third kappa shape index (κ3) is 7.49. The SMILES string of the molecule is COc1ccc(CCNC(=O)CCN(CC(=O)Nc2cc(C)ccc2C)C2CC2)cc1OC. The van der Waals surface area contributed by atoms with Crippen LogP contribution < -0.4 is 20.1 Å². The smallest absolute Gasteiger partial charge is 0.238 e. The molecule has 0 spiro atoms. The van der Waals surface area contributed by atoms with Gasteiger partial charge in [-0.1, -0.05) is 18.2 Å². The summed E-state index contributed by atoms with van der Waals surface area (Å²) in [7, 11) is 3.22. The number of methoxy groups -OCH3 is 2. The molecule has 1 aliphatic carbocycles. The van der Waals surface area contributed by atoms with Crippen LogP contribution in [0.5, 0.6) is 11.5 Å². The van der Waals surface area contributed by atoms with Crippen LogP contribution in [-0.2, 0) is 16.0 Å². The van der Waals surface area contributed by atoms with Crippen LogP contribution >= 0.6 is 0 Å². The highest BCUT2D eigenvalue weighted by molar-refractivity contribution is 5.93. The maximum atomic E-state index is 12.6. The van der Waals surface area contributed by atoms with Gasteiger partial charge in [0.1, 0.15) is 0 Å². The Morgan fingerprint density at radius 3 is 2.45 bits per heavy atom. The lowest BCUT2D eigenvalue weighted by molar-refractivity contribution is -0.122.